The number of carboxylic acids is 1. The molecule has 0 atom stereocenters. The van der Waals surface area contributed by atoms with Crippen LogP contribution in [0.15, 0.2) is 24.3 Å². The molecule has 116 valence electrons. The Balaban J connectivity index is 2.76. The van der Waals surface area contributed by atoms with E-state index in [2.05, 4.69) is 0 Å². The van der Waals surface area contributed by atoms with Crippen LogP contribution in [0.3, 0.4) is 0 Å². The molecular weight excluding hydrogens is 268 g/mol. The summed E-state index contributed by atoms with van der Waals surface area (Å²) >= 11 is 0. The first-order valence-corrected chi connectivity index (χ1v) is 7.13. The quantitative estimate of drug-likeness (QED) is 0.794. The van der Waals surface area contributed by atoms with E-state index in [0.29, 0.717) is 12.1 Å². The van der Waals surface area contributed by atoms with Gasteiger partial charge >= 0.3 is 5.97 Å². The zero-order valence-electron chi connectivity index (χ0n) is 13.0. The molecule has 0 aliphatic carbocycles. The number of aryl methyl sites for hydroxylation is 1. The van der Waals surface area contributed by atoms with E-state index < -0.39 is 5.97 Å². The third-order valence-electron chi connectivity index (χ3n) is 3.29. The van der Waals surface area contributed by atoms with Gasteiger partial charge in [0.1, 0.15) is 0 Å². The molecule has 1 N–H and O–H groups in total. The minimum atomic E-state index is -0.884. The van der Waals surface area contributed by atoms with Crippen LogP contribution >= 0.6 is 0 Å². The number of hydrogen-bond donors (Lipinski definition) is 1. The highest BCUT2D eigenvalue weighted by Gasteiger charge is 2.17. The number of carboxylic acid groups (broad SMARTS) is 1. The van der Waals surface area contributed by atoms with Gasteiger partial charge in [-0.3, -0.25) is 9.59 Å². The fourth-order valence-electron chi connectivity index (χ4n) is 2.11. The molecule has 0 aromatic heterocycles. The lowest BCUT2D eigenvalue weighted by Gasteiger charge is -2.23. The standard InChI is InChI=1S/C16H24N2O3/c1-13-7-4-5-8-14(13)16(21)18(12-9-15(19)20)11-6-10-17(2)3/h4-5,7-8H,6,9-12H2,1-3H3,(H,19,20). The van der Waals surface area contributed by atoms with Crippen molar-refractivity contribution < 1.29 is 14.7 Å². The molecule has 1 rings (SSSR count). The topological polar surface area (TPSA) is 60.9 Å². The molecule has 1 aromatic rings. The van der Waals surface area contributed by atoms with Gasteiger partial charge in [-0.25, -0.2) is 0 Å². The van der Waals surface area contributed by atoms with Crippen molar-refractivity contribution in [2.75, 3.05) is 33.7 Å². The van der Waals surface area contributed by atoms with E-state index in [1.54, 1.807) is 11.0 Å². The van der Waals surface area contributed by atoms with E-state index in [9.17, 15) is 9.59 Å². The summed E-state index contributed by atoms with van der Waals surface area (Å²) in [4.78, 5) is 27.0. The largest absolute Gasteiger partial charge is 0.481 e. The zero-order chi connectivity index (χ0) is 15.8. The second-order valence-corrected chi connectivity index (χ2v) is 5.41. The van der Waals surface area contributed by atoms with Crippen LogP contribution in [-0.2, 0) is 4.79 Å². The summed E-state index contributed by atoms with van der Waals surface area (Å²) in [5, 5.41) is 8.84. The molecule has 0 bridgehead atoms. The third-order valence-corrected chi connectivity index (χ3v) is 3.29. The molecule has 0 fully saturated rings. The molecule has 21 heavy (non-hydrogen) atoms. The highest BCUT2D eigenvalue weighted by Crippen LogP contribution is 2.11. The van der Waals surface area contributed by atoms with Gasteiger partial charge in [-0.05, 0) is 45.6 Å². The molecule has 5 nitrogen and oxygen atoms in total. The maximum absolute atomic E-state index is 12.6. The Hall–Kier alpha value is -1.88. The van der Waals surface area contributed by atoms with Gasteiger partial charge < -0.3 is 14.9 Å². The summed E-state index contributed by atoms with van der Waals surface area (Å²) in [6.07, 6.45) is 0.795. The van der Waals surface area contributed by atoms with Crippen LogP contribution in [0.4, 0.5) is 0 Å². The Labute approximate surface area is 126 Å². The lowest BCUT2D eigenvalue weighted by molar-refractivity contribution is -0.137. The van der Waals surface area contributed by atoms with Crippen molar-refractivity contribution in [3.8, 4) is 0 Å². The Morgan fingerprint density at radius 2 is 1.76 bits per heavy atom. The highest BCUT2D eigenvalue weighted by atomic mass is 16.4. The van der Waals surface area contributed by atoms with Crippen molar-refractivity contribution in [3.05, 3.63) is 35.4 Å². The van der Waals surface area contributed by atoms with Crippen molar-refractivity contribution in [2.45, 2.75) is 19.8 Å². The van der Waals surface area contributed by atoms with Gasteiger partial charge in [-0.15, -0.1) is 0 Å². The van der Waals surface area contributed by atoms with Gasteiger partial charge in [0.25, 0.3) is 5.91 Å². The molecule has 0 spiro atoms. The van der Waals surface area contributed by atoms with Crippen molar-refractivity contribution in [1.82, 2.24) is 9.80 Å². The summed E-state index contributed by atoms with van der Waals surface area (Å²) in [6.45, 7) is 3.57. The molecule has 5 heteroatoms. The number of nitrogens with zero attached hydrogens (tertiary/aromatic N) is 2. The van der Waals surface area contributed by atoms with E-state index in [0.717, 1.165) is 18.5 Å². The maximum atomic E-state index is 12.6. The van der Waals surface area contributed by atoms with Crippen LogP contribution in [0.2, 0.25) is 0 Å². The Morgan fingerprint density at radius 3 is 2.33 bits per heavy atom. The van der Waals surface area contributed by atoms with E-state index in [-0.39, 0.29) is 18.9 Å². The van der Waals surface area contributed by atoms with Gasteiger partial charge in [0.2, 0.25) is 0 Å². The van der Waals surface area contributed by atoms with E-state index >= 15 is 0 Å². The van der Waals surface area contributed by atoms with Gasteiger partial charge in [0.15, 0.2) is 0 Å². The fourth-order valence-corrected chi connectivity index (χ4v) is 2.11. The van der Waals surface area contributed by atoms with Crippen LogP contribution in [-0.4, -0.2) is 60.5 Å². The number of aliphatic carboxylic acids is 1. The summed E-state index contributed by atoms with van der Waals surface area (Å²) < 4.78 is 0. The molecule has 0 aliphatic heterocycles. The smallest absolute Gasteiger partial charge is 0.305 e. The number of carbonyl (C=O) groups excluding carboxylic acids is 1. The average molecular weight is 292 g/mol. The minimum absolute atomic E-state index is 0.0282. The van der Waals surface area contributed by atoms with Crippen molar-refractivity contribution in [1.29, 1.82) is 0 Å². The SMILES string of the molecule is Cc1ccccc1C(=O)N(CCCN(C)C)CCC(=O)O. The number of carbonyl (C=O) groups is 2. The van der Waals surface area contributed by atoms with Gasteiger partial charge in [-0.2, -0.15) is 0 Å². The number of hydrogen-bond acceptors (Lipinski definition) is 3. The highest BCUT2D eigenvalue weighted by molar-refractivity contribution is 5.95. The Kier molecular flexibility index (Phi) is 6.88. The molecule has 0 aliphatic rings. The van der Waals surface area contributed by atoms with E-state index in [1.165, 1.54) is 0 Å². The average Bonchev–Trinajstić information content (AvgIpc) is 2.41. The number of rotatable bonds is 8. The van der Waals surface area contributed by atoms with Crippen molar-refractivity contribution in [2.24, 2.45) is 0 Å². The van der Waals surface area contributed by atoms with E-state index in [4.69, 9.17) is 5.11 Å². The summed E-state index contributed by atoms with van der Waals surface area (Å²) in [5.41, 5.74) is 1.56. The zero-order valence-corrected chi connectivity index (χ0v) is 13.0. The van der Waals surface area contributed by atoms with E-state index in [1.807, 2.05) is 44.1 Å². The van der Waals surface area contributed by atoms with Gasteiger partial charge in [0, 0.05) is 18.7 Å². The van der Waals surface area contributed by atoms with Gasteiger partial charge in [0.05, 0.1) is 6.42 Å². The molecular formula is C16H24N2O3. The first kappa shape index (κ1) is 17.2. The number of benzene rings is 1. The Bertz CT molecular complexity index is 486. The monoisotopic (exact) mass is 292 g/mol. The van der Waals surface area contributed by atoms with Crippen LogP contribution in [0.1, 0.15) is 28.8 Å². The maximum Gasteiger partial charge on any atom is 0.305 e. The summed E-state index contributed by atoms with van der Waals surface area (Å²) in [5.74, 6) is -0.974. The van der Waals surface area contributed by atoms with Crippen LogP contribution in [0, 0.1) is 6.92 Å². The summed E-state index contributed by atoms with van der Waals surface area (Å²) in [6, 6.07) is 7.40. The summed E-state index contributed by atoms with van der Waals surface area (Å²) in [7, 11) is 3.95. The van der Waals surface area contributed by atoms with Crippen molar-refractivity contribution in [3.63, 3.8) is 0 Å². The second-order valence-electron chi connectivity index (χ2n) is 5.41. The second kappa shape index (κ2) is 8.42. The fraction of sp³-hybridized carbons (Fsp3) is 0.500. The Morgan fingerprint density at radius 1 is 1.10 bits per heavy atom. The molecule has 0 saturated carbocycles. The molecule has 0 saturated heterocycles. The third kappa shape index (κ3) is 5.95. The molecule has 1 amide bonds. The normalized spacial score (nSPS) is 10.7. The lowest BCUT2D eigenvalue weighted by Crippen LogP contribution is -2.35. The molecule has 1 aromatic carbocycles. The first-order valence-electron chi connectivity index (χ1n) is 7.13. The van der Waals surface area contributed by atoms with Crippen LogP contribution in [0.25, 0.3) is 0 Å². The number of amides is 1. The molecule has 0 radical (unpaired) electrons. The van der Waals surface area contributed by atoms with Crippen LogP contribution in [0.5, 0.6) is 0 Å². The predicted molar refractivity (Wildman–Crippen MR) is 82.5 cm³/mol. The molecule has 0 heterocycles. The lowest BCUT2D eigenvalue weighted by atomic mass is 10.1. The first-order chi connectivity index (χ1) is 9.91. The minimum Gasteiger partial charge on any atom is -0.481 e. The predicted octanol–water partition coefficient (Wildman–Crippen LogP) is 1.86. The van der Waals surface area contributed by atoms with Crippen LogP contribution < -0.4 is 0 Å². The van der Waals surface area contributed by atoms with Gasteiger partial charge in [-0.1, -0.05) is 18.2 Å². The van der Waals surface area contributed by atoms with Crippen molar-refractivity contribution >= 4 is 11.9 Å². The molecule has 0 unspecified atom stereocenters.